The zero-order valence-corrected chi connectivity index (χ0v) is 9.33. The van der Waals surface area contributed by atoms with Gasteiger partial charge in [0.25, 0.3) is 0 Å². The van der Waals surface area contributed by atoms with Crippen LogP contribution in [-0.2, 0) is 4.79 Å². The maximum atomic E-state index is 10.4. The number of aliphatic carboxylic acids is 1. The molecule has 0 saturated heterocycles. The molecule has 88 valence electrons. The number of nitrogens with zero attached hydrogens (tertiary/aromatic N) is 2. The first-order chi connectivity index (χ1) is 8.16. The fraction of sp³-hybridized carbons (Fsp3) is 0.167. The summed E-state index contributed by atoms with van der Waals surface area (Å²) < 4.78 is 6.72. The Bertz CT molecular complexity index is 520. The first-order valence-corrected chi connectivity index (χ1v) is 5.13. The SMILES string of the molecule is Cc1cc(OCC(=O)O)nn1-c1ccccc1. The molecule has 17 heavy (non-hydrogen) atoms. The normalized spacial score (nSPS) is 10.2. The van der Waals surface area contributed by atoms with Crippen molar-refractivity contribution in [1.29, 1.82) is 0 Å². The van der Waals surface area contributed by atoms with E-state index in [4.69, 9.17) is 9.84 Å². The van der Waals surface area contributed by atoms with Crippen LogP contribution in [0.4, 0.5) is 0 Å². The van der Waals surface area contributed by atoms with Gasteiger partial charge in [0, 0.05) is 11.8 Å². The molecule has 0 spiro atoms. The molecule has 0 aliphatic heterocycles. The number of rotatable bonds is 4. The van der Waals surface area contributed by atoms with Crippen LogP contribution >= 0.6 is 0 Å². The Kier molecular flexibility index (Phi) is 3.09. The van der Waals surface area contributed by atoms with Crippen LogP contribution in [0.15, 0.2) is 36.4 Å². The van der Waals surface area contributed by atoms with Crippen LogP contribution in [0.1, 0.15) is 5.69 Å². The topological polar surface area (TPSA) is 64.3 Å². The van der Waals surface area contributed by atoms with Gasteiger partial charge in [0.05, 0.1) is 5.69 Å². The lowest BCUT2D eigenvalue weighted by Gasteiger charge is -2.02. The zero-order valence-electron chi connectivity index (χ0n) is 9.33. The molecule has 0 fully saturated rings. The summed E-state index contributed by atoms with van der Waals surface area (Å²) in [7, 11) is 0. The minimum atomic E-state index is -1.02. The monoisotopic (exact) mass is 232 g/mol. The minimum Gasteiger partial charge on any atom is -0.479 e. The quantitative estimate of drug-likeness (QED) is 0.870. The number of aromatic nitrogens is 2. The molecule has 0 atom stereocenters. The standard InChI is InChI=1S/C12H12N2O3/c1-9-7-11(17-8-12(15)16)13-14(9)10-5-3-2-4-6-10/h2-7H,8H2,1H3,(H,15,16). The number of hydrogen-bond donors (Lipinski definition) is 1. The lowest BCUT2D eigenvalue weighted by molar-refractivity contribution is -0.139. The molecular formula is C12H12N2O3. The summed E-state index contributed by atoms with van der Waals surface area (Å²) in [4.78, 5) is 10.4. The van der Waals surface area contributed by atoms with Crippen LogP contribution in [0.5, 0.6) is 5.88 Å². The summed E-state index contributed by atoms with van der Waals surface area (Å²) in [5, 5.41) is 12.7. The van der Waals surface area contributed by atoms with Crippen molar-refractivity contribution in [2.24, 2.45) is 0 Å². The average Bonchev–Trinajstić information content (AvgIpc) is 2.69. The van der Waals surface area contributed by atoms with Gasteiger partial charge in [0.15, 0.2) is 6.61 Å². The fourth-order valence-corrected chi connectivity index (χ4v) is 1.48. The highest BCUT2D eigenvalue weighted by atomic mass is 16.5. The molecule has 0 bridgehead atoms. The Morgan fingerprint density at radius 3 is 2.76 bits per heavy atom. The fourth-order valence-electron chi connectivity index (χ4n) is 1.48. The summed E-state index contributed by atoms with van der Waals surface area (Å²) in [6, 6.07) is 11.3. The highest BCUT2D eigenvalue weighted by Crippen LogP contribution is 2.16. The highest BCUT2D eigenvalue weighted by Gasteiger charge is 2.07. The van der Waals surface area contributed by atoms with E-state index < -0.39 is 5.97 Å². The first kappa shape index (κ1) is 11.2. The molecule has 2 aromatic rings. The zero-order chi connectivity index (χ0) is 12.3. The van der Waals surface area contributed by atoms with E-state index in [2.05, 4.69) is 5.10 Å². The van der Waals surface area contributed by atoms with Crippen LogP contribution in [0.2, 0.25) is 0 Å². The highest BCUT2D eigenvalue weighted by molar-refractivity contribution is 5.68. The number of carboxylic acids is 1. The van der Waals surface area contributed by atoms with E-state index in [-0.39, 0.29) is 6.61 Å². The second kappa shape index (κ2) is 4.69. The average molecular weight is 232 g/mol. The summed E-state index contributed by atoms with van der Waals surface area (Å²) >= 11 is 0. The molecule has 0 saturated carbocycles. The van der Waals surface area contributed by atoms with E-state index in [0.717, 1.165) is 11.4 Å². The third-order valence-corrected chi connectivity index (χ3v) is 2.21. The molecular weight excluding hydrogens is 220 g/mol. The predicted octanol–water partition coefficient (Wildman–Crippen LogP) is 1.64. The Labute approximate surface area is 98.3 Å². The number of para-hydroxylation sites is 1. The second-order valence-corrected chi connectivity index (χ2v) is 3.55. The summed E-state index contributed by atoms with van der Waals surface area (Å²) in [5.74, 6) is -0.703. The number of carbonyl (C=O) groups is 1. The molecule has 5 nitrogen and oxygen atoms in total. The number of ether oxygens (including phenoxy) is 1. The molecule has 1 heterocycles. The van der Waals surface area contributed by atoms with E-state index in [1.807, 2.05) is 37.3 Å². The molecule has 5 heteroatoms. The van der Waals surface area contributed by atoms with Gasteiger partial charge in [-0.2, -0.15) is 0 Å². The minimum absolute atomic E-state index is 0.314. The van der Waals surface area contributed by atoms with Gasteiger partial charge in [-0.1, -0.05) is 18.2 Å². The first-order valence-electron chi connectivity index (χ1n) is 5.13. The lowest BCUT2D eigenvalue weighted by atomic mass is 10.3. The van der Waals surface area contributed by atoms with Gasteiger partial charge in [-0.05, 0) is 19.1 Å². The smallest absolute Gasteiger partial charge is 0.341 e. The molecule has 1 N–H and O–H groups in total. The number of hydrogen-bond acceptors (Lipinski definition) is 3. The van der Waals surface area contributed by atoms with Gasteiger partial charge in [0.2, 0.25) is 5.88 Å². The van der Waals surface area contributed by atoms with E-state index in [9.17, 15) is 4.79 Å². The lowest BCUT2D eigenvalue weighted by Crippen LogP contribution is -2.09. The maximum Gasteiger partial charge on any atom is 0.341 e. The Morgan fingerprint density at radius 2 is 2.12 bits per heavy atom. The van der Waals surface area contributed by atoms with Crippen molar-refractivity contribution >= 4 is 5.97 Å². The molecule has 0 aliphatic rings. The second-order valence-electron chi connectivity index (χ2n) is 3.55. The van der Waals surface area contributed by atoms with Crippen molar-refractivity contribution in [2.75, 3.05) is 6.61 Å². The maximum absolute atomic E-state index is 10.4. The van der Waals surface area contributed by atoms with Crippen molar-refractivity contribution in [3.05, 3.63) is 42.1 Å². The van der Waals surface area contributed by atoms with Crippen LogP contribution in [-0.4, -0.2) is 27.5 Å². The number of benzene rings is 1. The van der Waals surface area contributed by atoms with E-state index in [0.29, 0.717) is 5.88 Å². The molecule has 1 aromatic carbocycles. The third kappa shape index (κ3) is 2.63. The van der Waals surface area contributed by atoms with Crippen LogP contribution in [0, 0.1) is 6.92 Å². The molecule has 0 radical (unpaired) electrons. The van der Waals surface area contributed by atoms with Crippen molar-refractivity contribution in [2.45, 2.75) is 6.92 Å². The molecule has 0 amide bonds. The number of carboxylic acid groups (broad SMARTS) is 1. The van der Waals surface area contributed by atoms with E-state index in [1.165, 1.54) is 0 Å². The van der Waals surface area contributed by atoms with Crippen LogP contribution in [0.3, 0.4) is 0 Å². The summed E-state index contributed by atoms with van der Waals surface area (Å²) in [6.07, 6.45) is 0. The Balaban J connectivity index is 2.22. The molecule has 2 rings (SSSR count). The van der Waals surface area contributed by atoms with Gasteiger partial charge in [-0.3, -0.25) is 0 Å². The Hall–Kier alpha value is -2.30. The largest absolute Gasteiger partial charge is 0.479 e. The van der Waals surface area contributed by atoms with Crippen molar-refractivity contribution in [3.8, 4) is 11.6 Å². The van der Waals surface area contributed by atoms with Crippen molar-refractivity contribution in [3.63, 3.8) is 0 Å². The summed E-state index contributed by atoms with van der Waals surface area (Å²) in [6.45, 7) is 1.50. The molecule has 1 aromatic heterocycles. The third-order valence-electron chi connectivity index (χ3n) is 2.21. The van der Waals surface area contributed by atoms with Crippen molar-refractivity contribution in [1.82, 2.24) is 9.78 Å². The van der Waals surface area contributed by atoms with Gasteiger partial charge in [0.1, 0.15) is 0 Å². The van der Waals surface area contributed by atoms with Gasteiger partial charge in [-0.15, -0.1) is 5.10 Å². The predicted molar refractivity (Wildman–Crippen MR) is 61.4 cm³/mol. The molecule has 0 unspecified atom stereocenters. The molecule has 0 aliphatic carbocycles. The van der Waals surface area contributed by atoms with E-state index >= 15 is 0 Å². The Morgan fingerprint density at radius 1 is 1.41 bits per heavy atom. The van der Waals surface area contributed by atoms with Crippen LogP contribution in [0.25, 0.3) is 5.69 Å². The number of aryl methyl sites for hydroxylation is 1. The van der Waals surface area contributed by atoms with Gasteiger partial charge in [-0.25, -0.2) is 9.48 Å². The van der Waals surface area contributed by atoms with E-state index in [1.54, 1.807) is 10.7 Å². The van der Waals surface area contributed by atoms with Crippen LogP contribution < -0.4 is 4.74 Å². The van der Waals surface area contributed by atoms with Crippen molar-refractivity contribution < 1.29 is 14.6 Å². The van der Waals surface area contributed by atoms with Gasteiger partial charge >= 0.3 is 5.97 Å². The summed E-state index contributed by atoms with van der Waals surface area (Å²) in [5.41, 5.74) is 1.80. The van der Waals surface area contributed by atoms with Gasteiger partial charge < -0.3 is 9.84 Å².